The summed E-state index contributed by atoms with van der Waals surface area (Å²) in [4.78, 5) is 25.3. The van der Waals surface area contributed by atoms with Gasteiger partial charge in [0.15, 0.2) is 0 Å². The van der Waals surface area contributed by atoms with E-state index < -0.39 is 6.04 Å². The molecule has 0 saturated heterocycles. The van der Waals surface area contributed by atoms with E-state index in [1.807, 2.05) is 39.0 Å². The minimum atomic E-state index is -0.500. The first-order chi connectivity index (χ1) is 9.31. The zero-order valence-corrected chi connectivity index (χ0v) is 12.9. The molecule has 1 aromatic carbocycles. The van der Waals surface area contributed by atoms with Crippen molar-refractivity contribution in [2.24, 2.45) is 0 Å². The Bertz CT molecular complexity index is 483. The summed E-state index contributed by atoms with van der Waals surface area (Å²) in [7, 11) is 0. The largest absolute Gasteiger partial charge is 0.345 e. The molecule has 0 spiro atoms. The molecular formula is C16H24N2O2. The topological polar surface area (TPSA) is 49.4 Å². The number of hydrogen-bond acceptors (Lipinski definition) is 2. The first-order valence-corrected chi connectivity index (χ1v) is 6.94. The summed E-state index contributed by atoms with van der Waals surface area (Å²) < 4.78 is 0. The maximum absolute atomic E-state index is 12.4. The second-order valence-corrected chi connectivity index (χ2v) is 5.47. The molecule has 0 radical (unpaired) electrons. The van der Waals surface area contributed by atoms with Gasteiger partial charge >= 0.3 is 0 Å². The number of amides is 2. The Hall–Kier alpha value is -1.84. The summed E-state index contributed by atoms with van der Waals surface area (Å²) in [6, 6.07) is 7.69. The number of carbonyl (C=O) groups is 2. The molecule has 0 unspecified atom stereocenters. The highest BCUT2D eigenvalue weighted by Crippen LogP contribution is 2.12. The van der Waals surface area contributed by atoms with Crippen LogP contribution in [-0.4, -0.2) is 28.8 Å². The smallest absolute Gasteiger partial charge is 0.245 e. The lowest BCUT2D eigenvalue weighted by Gasteiger charge is -2.29. The molecule has 1 atom stereocenters. The average molecular weight is 276 g/mol. The third kappa shape index (κ3) is 4.68. The van der Waals surface area contributed by atoms with Crippen LogP contribution in [0.15, 0.2) is 24.3 Å². The fraction of sp³-hybridized carbons (Fsp3) is 0.500. The Balaban J connectivity index is 2.84. The van der Waals surface area contributed by atoms with Crippen LogP contribution in [0.5, 0.6) is 0 Å². The molecule has 0 aliphatic carbocycles. The SMILES string of the molecule is CC(=O)N[C@@H](C)C(=O)N(Cc1cccc(C)c1)C(C)C. The Labute approximate surface area is 121 Å². The highest BCUT2D eigenvalue weighted by molar-refractivity contribution is 5.86. The molecule has 1 N–H and O–H groups in total. The van der Waals surface area contributed by atoms with Gasteiger partial charge in [-0.25, -0.2) is 0 Å². The van der Waals surface area contributed by atoms with Gasteiger partial charge in [-0.05, 0) is 33.3 Å². The van der Waals surface area contributed by atoms with E-state index >= 15 is 0 Å². The van der Waals surface area contributed by atoms with E-state index in [-0.39, 0.29) is 17.9 Å². The Kier molecular flexibility index (Phi) is 5.74. The molecule has 20 heavy (non-hydrogen) atoms. The standard InChI is InChI=1S/C16H24N2O2/c1-11(2)18(16(20)13(4)17-14(5)19)10-15-8-6-7-12(3)9-15/h6-9,11,13H,10H2,1-5H3,(H,17,19)/t13-/m0/s1. The van der Waals surface area contributed by atoms with Crippen LogP contribution >= 0.6 is 0 Å². The van der Waals surface area contributed by atoms with Crippen LogP contribution in [0.2, 0.25) is 0 Å². The van der Waals surface area contributed by atoms with E-state index in [4.69, 9.17) is 0 Å². The number of nitrogens with one attached hydrogen (secondary N) is 1. The van der Waals surface area contributed by atoms with Crippen LogP contribution in [0.3, 0.4) is 0 Å². The van der Waals surface area contributed by atoms with Gasteiger partial charge in [0.05, 0.1) is 0 Å². The van der Waals surface area contributed by atoms with Crippen molar-refractivity contribution in [3.63, 3.8) is 0 Å². The lowest BCUT2D eigenvalue weighted by atomic mass is 10.1. The minimum Gasteiger partial charge on any atom is -0.345 e. The van der Waals surface area contributed by atoms with Crippen molar-refractivity contribution >= 4 is 11.8 Å². The summed E-state index contributed by atoms with van der Waals surface area (Å²) in [5.41, 5.74) is 2.27. The molecule has 0 saturated carbocycles. The van der Waals surface area contributed by atoms with Gasteiger partial charge in [-0.3, -0.25) is 9.59 Å². The second-order valence-electron chi connectivity index (χ2n) is 5.47. The zero-order valence-electron chi connectivity index (χ0n) is 12.9. The third-order valence-electron chi connectivity index (χ3n) is 3.13. The molecular weight excluding hydrogens is 252 g/mol. The predicted molar refractivity (Wildman–Crippen MR) is 80.1 cm³/mol. The Morgan fingerprint density at radius 3 is 2.40 bits per heavy atom. The number of aryl methyl sites for hydroxylation is 1. The molecule has 0 aromatic heterocycles. The quantitative estimate of drug-likeness (QED) is 0.896. The van der Waals surface area contributed by atoms with E-state index in [2.05, 4.69) is 11.4 Å². The van der Waals surface area contributed by atoms with Crippen molar-refractivity contribution in [3.05, 3.63) is 35.4 Å². The van der Waals surface area contributed by atoms with Crippen molar-refractivity contribution in [2.75, 3.05) is 0 Å². The molecule has 2 amide bonds. The summed E-state index contributed by atoms with van der Waals surface area (Å²) >= 11 is 0. The van der Waals surface area contributed by atoms with E-state index in [1.54, 1.807) is 11.8 Å². The summed E-state index contributed by atoms with van der Waals surface area (Å²) in [6.07, 6.45) is 0. The van der Waals surface area contributed by atoms with Crippen molar-refractivity contribution in [1.29, 1.82) is 0 Å². The summed E-state index contributed by atoms with van der Waals surface area (Å²) in [5, 5.41) is 2.64. The molecule has 0 aliphatic heterocycles. The van der Waals surface area contributed by atoms with Crippen molar-refractivity contribution < 1.29 is 9.59 Å². The molecule has 110 valence electrons. The first kappa shape index (κ1) is 16.2. The fourth-order valence-electron chi connectivity index (χ4n) is 2.14. The van der Waals surface area contributed by atoms with Crippen LogP contribution in [-0.2, 0) is 16.1 Å². The van der Waals surface area contributed by atoms with E-state index in [9.17, 15) is 9.59 Å². The van der Waals surface area contributed by atoms with Crippen LogP contribution in [0.25, 0.3) is 0 Å². The van der Waals surface area contributed by atoms with Gasteiger partial charge in [0.25, 0.3) is 0 Å². The van der Waals surface area contributed by atoms with E-state index in [0.29, 0.717) is 6.54 Å². The minimum absolute atomic E-state index is 0.0586. The molecule has 1 aromatic rings. The summed E-state index contributed by atoms with van der Waals surface area (Å²) in [5.74, 6) is -0.248. The van der Waals surface area contributed by atoms with Crippen molar-refractivity contribution in [3.8, 4) is 0 Å². The lowest BCUT2D eigenvalue weighted by molar-refractivity contribution is -0.137. The van der Waals surface area contributed by atoms with Gasteiger partial charge in [0.1, 0.15) is 6.04 Å². The van der Waals surface area contributed by atoms with Crippen LogP contribution < -0.4 is 5.32 Å². The van der Waals surface area contributed by atoms with Crippen molar-refractivity contribution in [1.82, 2.24) is 10.2 Å². The lowest BCUT2D eigenvalue weighted by Crippen LogP contribution is -2.48. The van der Waals surface area contributed by atoms with E-state index in [0.717, 1.165) is 5.56 Å². The Morgan fingerprint density at radius 2 is 1.90 bits per heavy atom. The fourth-order valence-corrected chi connectivity index (χ4v) is 2.14. The maximum Gasteiger partial charge on any atom is 0.245 e. The molecule has 4 nitrogen and oxygen atoms in total. The number of rotatable bonds is 5. The molecule has 0 heterocycles. The average Bonchev–Trinajstić information content (AvgIpc) is 2.34. The van der Waals surface area contributed by atoms with Gasteiger partial charge in [-0.1, -0.05) is 29.8 Å². The van der Waals surface area contributed by atoms with Gasteiger partial charge in [-0.15, -0.1) is 0 Å². The van der Waals surface area contributed by atoms with Gasteiger partial charge in [-0.2, -0.15) is 0 Å². The number of hydrogen-bond donors (Lipinski definition) is 1. The van der Waals surface area contributed by atoms with Crippen LogP contribution in [0.1, 0.15) is 38.8 Å². The van der Waals surface area contributed by atoms with Crippen molar-refractivity contribution in [2.45, 2.75) is 53.2 Å². The number of benzene rings is 1. The number of nitrogens with zero attached hydrogens (tertiary/aromatic N) is 1. The highest BCUT2D eigenvalue weighted by atomic mass is 16.2. The molecule has 0 fully saturated rings. The monoisotopic (exact) mass is 276 g/mol. The van der Waals surface area contributed by atoms with Gasteiger partial charge in [0.2, 0.25) is 11.8 Å². The van der Waals surface area contributed by atoms with Crippen LogP contribution in [0, 0.1) is 6.92 Å². The third-order valence-corrected chi connectivity index (χ3v) is 3.13. The molecule has 1 rings (SSSR count). The highest BCUT2D eigenvalue weighted by Gasteiger charge is 2.23. The molecule has 0 bridgehead atoms. The normalized spacial score (nSPS) is 12.1. The van der Waals surface area contributed by atoms with Crippen LogP contribution in [0.4, 0.5) is 0 Å². The molecule has 4 heteroatoms. The van der Waals surface area contributed by atoms with E-state index in [1.165, 1.54) is 12.5 Å². The Morgan fingerprint density at radius 1 is 1.25 bits per heavy atom. The number of carbonyl (C=O) groups excluding carboxylic acids is 2. The second kappa shape index (κ2) is 7.08. The van der Waals surface area contributed by atoms with Gasteiger partial charge in [0, 0.05) is 19.5 Å². The maximum atomic E-state index is 12.4. The predicted octanol–water partition coefficient (Wildman–Crippen LogP) is 2.26. The summed E-state index contributed by atoms with van der Waals surface area (Å²) in [6.45, 7) is 9.69. The first-order valence-electron chi connectivity index (χ1n) is 6.94. The zero-order chi connectivity index (χ0) is 15.3. The molecule has 0 aliphatic rings. The van der Waals surface area contributed by atoms with Gasteiger partial charge < -0.3 is 10.2 Å².